The fraction of sp³-hybridized carbons (Fsp3) is 0.222. The highest BCUT2D eigenvalue weighted by Gasteiger charge is 2.31. The molecule has 0 aliphatic carbocycles. The van der Waals surface area contributed by atoms with Crippen molar-refractivity contribution < 1.29 is 9.59 Å². The van der Waals surface area contributed by atoms with Crippen LogP contribution in [0, 0.1) is 0 Å². The van der Waals surface area contributed by atoms with Crippen molar-refractivity contribution in [3.05, 3.63) is 57.6 Å². The van der Waals surface area contributed by atoms with Crippen molar-refractivity contribution in [3.63, 3.8) is 0 Å². The molecule has 2 aromatic rings. The molecule has 0 saturated heterocycles. The molecule has 0 aromatic heterocycles. The fourth-order valence-corrected chi connectivity index (χ4v) is 3.76. The van der Waals surface area contributed by atoms with Crippen LogP contribution in [0.1, 0.15) is 27.9 Å². The zero-order valence-electron chi connectivity index (χ0n) is 12.4. The molecule has 0 unspecified atom stereocenters. The molecule has 2 aromatic carbocycles. The van der Waals surface area contributed by atoms with Crippen LogP contribution in [-0.2, 0) is 17.6 Å². The average molecular weight is 371 g/mol. The monoisotopic (exact) mass is 370 g/mol. The van der Waals surface area contributed by atoms with Gasteiger partial charge in [-0.3, -0.25) is 9.59 Å². The zero-order chi connectivity index (χ0) is 16.0. The minimum atomic E-state index is -0.113. The number of carbonyl (C=O) groups excluding carboxylic acids is 2. The van der Waals surface area contributed by atoms with Gasteiger partial charge in [-0.05, 0) is 54.3 Å². The Hall–Kier alpha value is -2.14. The summed E-state index contributed by atoms with van der Waals surface area (Å²) in [5.41, 5.74) is 4.68. The molecule has 2 heterocycles. The van der Waals surface area contributed by atoms with Crippen LogP contribution in [0.3, 0.4) is 0 Å². The molecular formula is C18H15BrN2O2. The molecule has 0 saturated carbocycles. The molecule has 0 bridgehead atoms. The number of hydrogen-bond acceptors (Lipinski definition) is 2. The van der Waals surface area contributed by atoms with Gasteiger partial charge in [-0.15, -0.1) is 0 Å². The summed E-state index contributed by atoms with van der Waals surface area (Å²) in [4.78, 5) is 26.4. The smallest absolute Gasteiger partial charge is 0.255 e. The lowest BCUT2D eigenvalue weighted by molar-refractivity contribution is -0.118. The van der Waals surface area contributed by atoms with E-state index in [1.807, 2.05) is 41.3 Å². The van der Waals surface area contributed by atoms with E-state index in [-0.39, 0.29) is 11.8 Å². The quantitative estimate of drug-likeness (QED) is 0.878. The lowest BCUT2D eigenvalue weighted by atomic mass is 9.96. The molecule has 0 radical (unpaired) electrons. The van der Waals surface area contributed by atoms with Crippen LogP contribution >= 0.6 is 15.9 Å². The van der Waals surface area contributed by atoms with Gasteiger partial charge in [-0.2, -0.15) is 0 Å². The summed E-state index contributed by atoms with van der Waals surface area (Å²) in [5.74, 6) is 0.0834. The number of carbonyl (C=O) groups is 2. The minimum absolute atomic E-state index is 0.113. The second-order valence-corrected chi connectivity index (χ2v) is 6.82. The highest BCUT2D eigenvalue weighted by atomic mass is 79.9. The van der Waals surface area contributed by atoms with Crippen LogP contribution in [0.4, 0.5) is 11.4 Å². The van der Waals surface area contributed by atoms with Crippen LogP contribution < -0.4 is 10.2 Å². The fourth-order valence-electron chi connectivity index (χ4n) is 3.36. The molecule has 116 valence electrons. The molecule has 23 heavy (non-hydrogen) atoms. The predicted octanol–water partition coefficient (Wildman–Crippen LogP) is 3.54. The SMILES string of the molecule is O=C(Nc1cccc(Br)c1)c1cc2c3c(c1)CCN3C(=O)CC2. The lowest BCUT2D eigenvalue weighted by Gasteiger charge is -2.25. The van der Waals surface area contributed by atoms with E-state index in [0.717, 1.165) is 46.4 Å². The van der Waals surface area contributed by atoms with Gasteiger partial charge in [-0.25, -0.2) is 0 Å². The van der Waals surface area contributed by atoms with E-state index < -0.39 is 0 Å². The van der Waals surface area contributed by atoms with Crippen molar-refractivity contribution in [1.29, 1.82) is 0 Å². The Morgan fingerprint density at radius 1 is 1.09 bits per heavy atom. The van der Waals surface area contributed by atoms with Crippen molar-refractivity contribution in [2.75, 3.05) is 16.8 Å². The molecule has 1 N–H and O–H groups in total. The topological polar surface area (TPSA) is 49.4 Å². The molecular weight excluding hydrogens is 356 g/mol. The molecule has 4 nitrogen and oxygen atoms in total. The second kappa shape index (κ2) is 5.49. The average Bonchev–Trinajstić information content (AvgIpc) is 2.96. The Kier molecular flexibility index (Phi) is 3.45. The van der Waals surface area contributed by atoms with E-state index in [1.54, 1.807) is 0 Å². The van der Waals surface area contributed by atoms with Crippen molar-refractivity contribution >= 4 is 39.1 Å². The maximum atomic E-state index is 12.6. The van der Waals surface area contributed by atoms with Crippen molar-refractivity contribution in [2.24, 2.45) is 0 Å². The first-order valence-corrected chi connectivity index (χ1v) is 8.44. The first-order chi connectivity index (χ1) is 11.1. The maximum Gasteiger partial charge on any atom is 0.255 e. The number of halogens is 1. The third kappa shape index (κ3) is 2.55. The van der Waals surface area contributed by atoms with Crippen molar-refractivity contribution in [1.82, 2.24) is 0 Å². The summed E-state index contributed by atoms with van der Waals surface area (Å²) in [7, 11) is 0. The summed E-state index contributed by atoms with van der Waals surface area (Å²) in [6, 6.07) is 11.4. The number of nitrogens with one attached hydrogen (secondary N) is 1. The third-order valence-electron chi connectivity index (χ3n) is 4.40. The first kappa shape index (κ1) is 14.5. The Balaban J connectivity index is 1.66. The highest BCUT2D eigenvalue weighted by molar-refractivity contribution is 9.10. The molecule has 2 aliphatic heterocycles. The molecule has 0 spiro atoms. The van der Waals surface area contributed by atoms with Gasteiger partial charge >= 0.3 is 0 Å². The number of anilines is 2. The number of amides is 2. The maximum absolute atomic E-state index is 12.6. The summed E-state index contributed by atoms with van der Waals surface area (Å²) < 4.78 is 0.925. The Morgan fingerprint density at radius 3 is 2.65 bits per heavy atom. The summed E-state index contributed by atoms with van der Waals surface area (Å²) >= 11 is 3.40. The molecule has 0 fully saturated rings. The van der Waals surface area contributed by atoms with Crippen LogP contribution in [-0.4, -0.2) is 18.4 Å². The van der Waals surface area contributed by atoms with Gasteiger partial charge in [0.15, 0.2) is 0 Å². The Morgan fingerprint density at radius 2 is 1.87 bits per heavy atom. The number of rotatable bonds is 2. The third-order valence-corrected chi connectivity index (χ3v) is 4.89. The van der Waals surface area contributed by atoms with E-state index in [0.29, 0.717) is 12.0 Å². The molecule has 2 aliphatic rings. The van der Waals surface area contributed by atoms with Gasteiger partial charge < -0.3 is 10.2 Å². The Labute approximate surface area is 142 Å². The summed E-state index contributed by atoms with van der Waals surface area (Å²) in [6.07, 6.45) is 2.07. The van der Waals surface area contributed by atoms with E-state index in [9.17, 15) is 9.59 Å². The zero-order valence-corrected chi connectivity index (χ0v) is 14.0. The van der Waals surface area contributed by atoms with Gasteiger partial charge in [0, 0.05) is 28.7 Å². The van der Waals surface area contributed by atoms with Gasteiger partial charge in [0.2, 0.25) is 5.91 Å². The summed E-state index contributed by atoms with van der Waals surface area (Å²) in [5, 5.41) is 2.93. The van der Waals surface area contributed by atoms with E-state index in [4.69, 9.17) is 0 Å². The second-order valence-electron chi connectivity index (χ2n) is 5.90. The number of nitrogens with zero attached hydrogens (tertiary/aromatic N) is 1. The van der Waals surface area contributed by atoms with Gasteiger partial charge in [0.1, 0.15) is 0 Å². The van der Waals surface area contributed by atoms with Crippen molar-refractivity contribution in [3.8, 4) is 0 Å². The molecule has 5 heteroatoms. The van der Waals surface area contributed by atoms with Gasteiger partial charge in [0.05, 0.1) is 5.69 Å². The van der Waals surface area contributed by atoms with E-state index in [2.05, 4.69) is 21.2 Å². The normalized spacial score (nSPS) is 15.5. The van der Waals surface area contributed by atoms with Crippen LogP contribution in [0.2, 0.25) is 0 Å². The van der Waals surface area contributed by atoms with E-state index >= 15 is 0 Å². The minimum Gasteiger partial charge on any atom is -0.322 e. The van der Waals surface area contributed by atoms with Crippen LogP contribution in [0.15, 0.2) is 40.9 Å². The standard InChI is InChI=1S/C18H15BrN2O2/c19-14-2-1-3-15(10-14)20-18(23)13-8-11-4-5-16(22)21-7-6-12(9-13)17(11)21/h1-3,8-10H,4-7H2,(H,20,23). The first-order valence-electron chi connectivity index (χ1n) is 7.65. The summed E-state index contributed by atoms with van der Waals surface area (Å²) in [6.45, 7) is 0.734. The van der Waals surface area contributed by atoms with Gasteiger partial charge in [0.25, 0.3) is 5.91 Å². The Bertz CT molecular complexity index is 832. The molecule has 4 rings (SSSR count). The molecule has 2 amide bonds. The largest absolute Gasteiger partial charge is 0.322 e. The van der Waals surface area contributed by atoms with Crippen molar-refractivity contribution in [2.45, 2.75) is 19.3 Å². The molecule has 0 atom stereocenters. The number of benzene rings is 2. The van der Waals surface area contributed by atoms with Crippen LogP contribution in [0.25, 0.3) is 0 Å². The van der Waals surface area contributed by atoms with Crippen LogP contribution in [0.5, 0.6) is 0 Å². The lowest BCUT2D eigenvalue weighted by Crippen LogP contribution is -2.33. The number of hydrogen-bond donors (Lipinski definition) is 1. The predicted molar refractivity (Wildman–Crippen MR) is 92.9 cm³/mol. The highest BCUT2D eigenvalue weighted by Crippen LogP contribution is 2.37. The number of aryl methyl sites for hydroxylation is 1. The van der Waals surface area contributed by atoms with E-state index in [1.165, 1.54) is 0 Å². The van der Waals surface area contributed by atoms with Gasteiger partial charge in [-0.1, -0.05) is 22.0 Å².